The van der Waals surface area contributed by atoms with Gasteiger partial charge < -0.3 is 10.1 Å². The molecule has 0 saturated heterocycles. The fourth-order valence-electron chi connectivity index (χ4n) is 1.12. The zero-order valence-corrected chi connectivity index (χ0v) is 9.10. The maximum Gasteiger partial charge on any atom is 0.305 e. The summed E-state index contributed by atoms with van der Waals surface area (Å²) in [7, 11) is 0. The monoisotopic (exact) mass is 242 g/mol. The van der Waals surface area contributed by atoms with Crippen LogP contribution in [0.1, 0.15) is 6.92 Å². The van der Waals surface area contributed by atoms with Crippen LogP contribution < -0.4 is 10.1 Å². The first-order valence-electron chi connectivity index (χ1n) is 4.88. The number of nitro benzene ring substituents is 1. The Hall–Kier alpha value is -2.18. The summed E-state index contributed by atoms with van der Waals surface area (Å²) in [6, 6.07) is 3.10. The first-order valence-corrected chi connectivity index (χ1v) is 4.88. The Bertz CT molecular complexity index is 436. The summed E-state index contributed by atoms with van der Waals surface area (Å²) in [5.41, 5.74) is -0.629. The van der Waals surface area contributed by atoms with Gasteiger partial charge in [-0.1, -0.05) is 0 Å². The summed E-state index contributed by atoms with van der Waals surface area (Å²) in [5, 5.41) is 12.8. The van der Waals surface area contributed by atoms with Crippen LogP contribution >= 0.6 is 0 Å². The maximum absolute atomic E-state index is 13.2. The van der Waals surface area contributed by atoms with E-state index < -0.39 is 16.4 Å². The van der Waals surface area contributed by atoms with Crippen molar-refractivity contribution in [2.75, 3.05) is 13.2 Å². The molecule has 0 spiro atoms. The van der Waals surface area contributed by atoms with Crippen molar-refractivity contribution in [3.8, 4) is 5.75 Å². The summed E-state index contributed by atoms with van der Waals surface area (Å²) in [6.45, 7) is 1.96. The Labute approximate surface area is 96.5 Å². The smallest absolute Gasteiger partial charge is 0.305 e. The lowest BCUT2D eigenvalue weighted by atomic mass is 10.3. The summed E-state index contributed by atoms with van der Waals surface area (Å²) < 4.78 is 18.1. The van der Waals surface area contributed by atoms with Gasteiger partial charge in [0, 0.05) is 18.7 Å². The number of nitrogens with zero attached hydrogens (tertiary/aromatic N) is 1. The van der Waals surface area contributed by atoms with E-state index in [4.69, 9.17) is 4.74 Å². The molecule has 0 atom stereocenters. The molecule has 0 aliphatic heterocycles. The Morgan fingerprint density at radius 2 is 2.29 bits per heavy atom. The number of rotatable bonds is 5. The molecule has 0 bridgehead atoms. The van der Waals surface area contributed by atoms with E-state index in [1.54, 1.807) is 6.92 Å². The lowest BCUT2D eigenvalue weighted by molar-refractivity contribution is -0.387. The van der Waals surface area contributed by atoms with Crippen molar-refractivity contribution < 1.29 is 18.8 Å². The van der Waals surface area contributed by atoms with Gasteiger partial charge in [-0.25, -0.2) is 0 Å². The van der Waals surface area contributed by atoms with Crippen LogP contribution in [0.2, 0.25) is 0 Å². The van der Waals surface area contributed by atoms with Crippen molar-refractivity contribution >= 4 is 11.6 Å². The van der Waals surface area contributed by atoms with Crippen molar-refractivity contribution in [2.24, 2.45) is 0 Å². The maximum atomic E-state index is 13.2. The quantitative estimate of drug-likeness (QED) is 0.622. The van der Waals surface area contributed by atoms with E-state index in [2.05, 4.69) is 5.32 Å². The third kappa shape index (κ3) is 3.71. The minimum atomic E-state index is -0.997. The molecule has 1 N–H and O–H groups in total. The van der Waals surface area contributed by atoms with E-state index in [9.17, 15) is 19.3 Å². The summed E-state index contributed by atoms with van der Waals surface area (Å²) in [4.78, 5) is 20.6. The van der Waals surface area contributed by atoms with Gasteiger partial charge in [0.2, 0.25) is 5.82 Å². The number of carbonyl (C=O) groups excluding carboxylic acids is 1. The molecule has 0 saturated carbocycles. The largest absolute Gasteiger partial charge is 0.484 e. The molecule has 0 radical (unpaired) electrons. The SMILES string of the molecule is CCNC(=O)COc1ccc([N+](=O)[O-])c(F)c1. The second kappa shape index (κ2) is 5.78. The highest BCUT2D eigenvalue weighted by Crippen LogP contribution is 2.22. The molecular formula is C10H11FN2O4. The summed E-state index contributed by atoms with van der Waals surface area (Å²) in [6.07, 6.45) is 0. The molecule has 0 unspecified atom stereocenters. The number of halogens is 1. The standard InChI is InChI=1S/C10H11FN2O4/c1-2-12-10(14)6-17-7-3-4-9(13(15)16)8(11)5-7/h3-5H,2,6H2,1H3,(H,12,14). The molecule has 0 heterocycles. The molecule has 0 aromatic heterocycles. The number of hydrogen-bond acceptors (Lipinski definition) is 4. The summed E-state index contributed by atoms with van der Waals surface area (Å²) in [5.74, 6) is -1.27. The fourth-order valence-corrected chi connectivity index (χ4v) is 1.12. The fraction of sp³-hybridized carbons (Fsp3) is 0.300. The molecule has 1 aromatic rings. The second-order valence-electron chi connectivity index (χ2n) is 3.11. The third-order valence-electron chi connectivity index (χ3n) is 1.86. The average molecular weight is 242 g/mol. The number of benzene rings is 1. The highest BCUT2D eigenvalue weighted by atomic mass is 19.1. The minimum Gasteiger partial charge on any atom is -0.484 e. The van der Waals surface area contributed by atoms with Crippen LogP contribution in [0.4, 0.5) is 10.1 Å². The summed E-state index contributed by atoms with van der Waals surface area (Å²) >= 11 is 0. The Morgan fingerprint density at radius 3 is 2.82 bits per heavy atom. The van der Waals surface area contributed by atoms with Gasteiger partial charge in [-0.15, -0.1) is 0 Å². The Kier molecular flexibility index (Phi) is 4.38. The topological polar surface area (TPSA) is 81.5 Å². The van der Waals surface area contributed by atoms with E-state index in [0.717, 1.165) is 12.1 Å². The van der Waals surface area contributed by atoms with E-state index in [0.29, 0.717) is 6.54 Å². The van der Waals surface area contributed by atoms with Crippen LogP contribution in [0.15, 0.2) is 18.2 Å². The Balaban J connectivity index is 2.65. The number of ether oxygens (including phenoxy) is 1. The van der Waals surface area contributed by atoms with Gasteiger partial charge in [0.1, 0.15) is 5.75 Å². The van der Waals surface area contributed by atoms with Gasteiger partial charge in [0.15, 0.2) is 6.61 Å². The lowest BCUT2D eigenvalue weighted by Crippen LogP contribution is -2.28. The second-order valence-corrected chi connectivity index (χ2v) is 3.11. The van der Waals surface area contributed by atoms with Crippen molar-refractivity contribution in [2.45, 2.75) is 6.92 Å². The van der Waals surface area contributed by atoms with Crippen LogP contribution in [-0.4, -0.2) is 24.0 Å². The number of carbonyl (C=O) groups is 1. The van der Waals surface area contributed by atoms with Crippen molar-refractivity contribution in [1.29, 1.82) is 0 Å². The zero-order valence-electron chi connectivity index (χ0n) is 9.10. The number of hydrogen-bond donors (Lipinski definition) is 1. The number of likely N-dealkylation sites (N-methyl/N-ethyl adjacent to an activating group) is 1. The molecule has 1 aromatic carbocycles. The van der Waals surface area contributed by atoms with Gasteiger partial charge in [0.25, 0.3) is 5.91 Å². The normalized spacial score (nSPS) is 9.76. The number of nitro groups is 1. The van der Waals surface area contributed by atoms with Crippen molar-refractivity contribution in [3.05, 3.63) is 34.1 Å². The van der Waals surface area contributed by atoms with Gasteiger partial charge in [-0.3, -0.25) is 14.9 Å². The average Bonchev–Trinajstić information content (AvgIpc) is 2.26. The van der Waals surface area contributed by atoms with Gasteiger partial charge in [-0.05, 0) is 13.0 Å². The van der Waals surface area contributed by atoms with E-state index >= 15 is 0 Å². The molecule has 7 heteroatoms. The predicted molar refractivity (Wildman–Crippen MR) is 57.2 cm³/mol. The predicted octanol–water partition coefficient (Wildman–Crippen LogP) is 1.25. The molecule has 0 fully saturated rings. The highest BCUT2D eigenvalue weighted by Gasteiger charge is 2.14. The van der Waals surface area contributed by atoms with Crippen LogP contribution in [0, 0.1) is 15.9 Å². The van der Waals surface area contributed by atoms with E-state index in [-0.39, 0.29) is 18.3 Å². The van der Waals surface area contributed by atoms with Crippen LogP contribution in [0.3, 0.4) is 0 Å². The van der Waals surface area contributed by atoms with Crippen LogP contribution in [-0.2, 0) is 4.79 Å². The highest BCUT2D eigenvalue weighted by molar-refractivity contribution is 5.77. The minimum absolute atomic E-state index is 0.0688. The third-order valence-corrected chi connectivity index (χ3v) is 1.86. The van der Waals surface area contributed by atoms with Crippen LogP contribution in [0.25, 0.3) is 0 Å². The first kappa shape index (κ1) is 12.9. The first-order chi connectivity index (χ1) is 8.04. The van der Waals surface area contributed by atoms with Gasteiger partial charge >= 0.3 is 5.69 Å². The van der Waals surface area contributed by atoms with Gasteiger partial charge in [-0.2, -0.15) is 4.39 Å². The zero-order chi connectivity index (χ0) is 12.8. The molecule has 6 nitrogen and oxygen atoms in total. The van der Waals surface area contributed by atoms with Crippen molar-refractivity contribution in [1.82, 2.24) is 5.32 Å². The van der Waals surface area contributed by atoms with E-state index in [1.165, 1.54) is 6.07 Å². The molecular weight excluding hydrogens is 231 g/mol. The molecule has 1 rings (SSSR count). The van der Waals surface area contributed by atoms with Crippen LogP contribution in [0.5, 0.6) is 5.75 Å². The van der Waals surface area contributed by atoms with Crippen molar-refractivity contribution in [3.63, 3.8) is 0 Å². The number of nitrogens with one attached hydrogen (secondary N) is 1. The van der Waals surface area contributed by atoms with E-state index in [1.807, 2.05) is 0 Å². The molecule has 0 aliphatic carbocycles. The Morgan fingerprint density at radius 1 is 1.59 bits per heavy atom. The molecule has 92 valence electrons. The lowest BCUT2D eigenvalue weighted by Gasteiger charge is -2.05. The molecule has 1 amide bonds. The van der Waals surface area contributed by atoms with Gasteiger partial charge in [0.05, 0.1) is 4.92 Å². The molecule has 0 aliphatic rings. The number of amides is 1. The molecule has 17 heavy (non-hydrogen) atoms.